The average Bonchev–Trinajstić information content (AvgIpc) is 3.47. The third-order valence-corrected chi connectivity index (χ3v) is 5.15. The van der Waals surface area contributed by atoms with Crippen molar-refractivity contribution in [3.8, 4) is 17.3 Å². The lowest BCUT2D eigenvalue weighted by molar-refractivity contribution is 0.270. The summed E-state index contributed by atoms with van der Waals surface area (Å²) >= 11 is 13.3. The Labute approximate surface area is 180 Å². The molecule has 3 aromatic heterocycles. The second-order valence-electron chi connectivity index (χ2n) is 5.71. The van der Waals surface area contributed by atoms with E-state index in [9.17, 15) is 0 Å². The van der Waals surface area contributed by atoms with E-state index in [0.717, 1.165) is 0 Å². The third kappa shape index (κ3) is 4.50. The highest BCUT2D eigenvalue weighted by molar-refractivity contribution is 7.98. The minimum Gasteiger partial charge on any atom is -0.486 e. The van der Waals surface area contributed by atoms with Gasteiger partial charge in [-0.25, -0.2) is 0 Å². The van der Waals surface area contributed by atoms with Crippen LogP contribution in [0.3, 0.4) is 0 Å². The summed E-state index contributed by atoms with van der Waals surface area (Å²) in [5.41, 5.74) is 0. The van der Waals surface area contributed by atoms with Crippen molar-refractivity contribution in [2.75, 3.05) is 6.26 Å². The van der Waals surface area contributed by atoms with Crippen molar-refractivity contribution < 1.29 is 13.6 Å². The molecule has 0 saturated carbocycles. The molecule has 0 aliphatic heterocycles. The molecule has 0 fully saturated rings. The van der Waals surface area contributed by atoms with Crippen molar-refractivity contribution in [3.05, 3.63) is 70.3 Å². The Morgan fingerprint density at radius 2 is 2.07 bits per heavy atom. The minimum absolute atomic E-state index is 0.242. The lowest BCUT2D eigenvalue weighted by Crippen LogP contribution is -1.96. The predicted octanol–water partition coefficient (Wildman–Crippen LogP) is 5.62. The number of nitrogens with zero attached hydrogens (tertiary/aromatic N) is 4. The Bertz CT molecular complexity index is 1140. The molecule has 0 unspecified atom stereocenters. The van der Waals surface area contributed by atoms with E-state index in [-0.39, 0.29) is 6.61 Å². The van der Waals surface area contributed by atoms with Gasteiger partial charge in [0.05, 0.1) is 22.5 Å². The number of benzene rings is 1. The number of ether oxygens (including phenoxy) is 1. The summed E-state index contributed by atoms with van der Waals surface area (Å²) in [6, 6.07) is 12.3. The van der Waals surface area contributed by atoms with Crippen LogP contribution in [0.15, 0.2) is 67.8 Å². The van der Waals surface area contributed by atoms with Crippen LogP contribution in [0.4, 0.5) is 0 Å². The van der Waals surface area contributed by atoms with Crippen LogP contribution in [0.25, 0.3) is 11.6 Å². The second kappa shape index (κ2) is 8.77. The molecule has 0 spiro atoms. The first-order chi connectivity index (χ1) is 14.1. The first-order valence-electron chi connectivity index (χ1n) is 8.38. The molecular formula is C19H14Cl2N4O3S. The predicted molar refractivity (Wildman–Crippen MR) is 112 cm³/mol. The minimum atomic E-state index is 0.242. The van der Waals surface area contributed by atoms with Crippen LogP contribution in [-0.2, 0) is 6.61 Å². The molecule has 1 aromatic carbocycles. The second-order valence-corrected chi connectivity index (χ2v) is 7.30. The van der Waals surface area contributed by atoms with E-state index < -0.39 is 0 Å². The van der Waals surface area contributed by atoms with Crippen molar-refractivity contribution >= 4 is 41.2 Å². The van der Waals surface area contributed by atoms with E-state index >= 15 is 0 Å². The third-order valence-electron chi connectivity index (χ3n) is 3.79. The van der Waals surface area contributed by atoms with Gasteiger partial charge >= 0.3 is 0 Å². The molecule has 0 radical (unpaired) electrons. The highest BCUT2D eigenvalue weighted by atomic mass is 35.5. The highest BCUT2D eigenvalue weighted by Crippen LogP contribution is 2.27. The molecule has 7 nitrogen and oxygen atoms in total. The summed E-state index contributed by atoms with van der Waals surface area (Å²) in [6.45, 7) is 0.242. The molecule has 148 valence electrons. The van der Waals surface area contributed by atoms with E-state index in [2.05, 4.69) is 15.3 Å². The van der Waals surface area contributed by atoms with Crippen LogP contribution in [0.2, 0.25) is 10.0 Å². The standard InChI is InChI=1S/C19H14Cl2N4O3S/c1-29-19-24-23-18(17-3-2-8-26-17)25(19)22-10-13-4-5-14(28-13)11-27-12-6-7-15(20)16(21)9-12/h2-10H,11H2,1H3/b22-10+. The SMILES string of the molecule is CSc1nnc(-c2ccco2)n1/N=C/c1ccc(COc2ccc(Cl)c(Cl)c2)o1. The Morgan fingerprint density at radius 1 is 1.17 bits per heavy atom. The topological polar surface area (TPSA) is 78.6 Å². The fraction of sp³-hybridized carbons (Fsp3) is 0.105. The Balaban J connectivity index is 1.47. The lowest BCUT2D eigenvalue weighted by Gasteiger charge is -2.05. The van der Waals surface area contributed by atoms with E-state index in [1.54, 1.807) is 53.6 Å². The maximum atomic E-state index is 5.99. The molecular weight excluding hydrogens is 435 g/mol. The van der Waals surface area contributed by atoms with Crippen molar-refractivity contribution in [2.24, 2.45) is 5.10 Å². The van der Waals surface area contributed by atoms with Crippen molar-refractivity contribution in [1.29, 1.82) is 0 Å². The zero-order valence-corrected chi connectivity index (χ0v) is 17.4. The number of halogens is 2. The maximum Gasteiger partial charge on any atom is 0.221 e. The number of hydrogen-bond acceptors (Lipinski definition) is 7. The number of furan rings is 2. The van der Waals surface area contributed by atoms with Crippen LogP contribution in [0.5, 0.6) is 5.75 Å². The quantitative estimate of drug-likeness (QED) is 0.269. The van der Waals surface area contributed by atoms with Crippen LogP contribution in [-0.4, -0.2) is 27.3 Å². The molecule has 0 amide bonds. The summed E-state index contributed by atoms with van der Waals surface area (Å²) in [5, 5.41) is 14.2. The van der Waals surface area contributed by atoms with Crippen molar-refractivity contribution in [3.63, 3.8) is 0 Å². The van der Waals surface area contributed by atoms with Crippen LogP contribution < -0.4 is 4.74 Å². The largest absolute Gasteiger partial charge is 0.486 e. The van der Waals surface area contributed by atoms with Gasteiger partial charge in [-0.05, 0) is 42.7 Å². The van der Waals surface area contributed by atoms with Gasteiger partial charge in [0.25, 0.3) is 0 Å². The summed E-state index contributed by atoms with van der Waals surface area (Å²) in [7, 11) is 0. The molecule has 10 heteroatoms. The van der Waals surface area contributed by atoms with Gasteiger partial charge in [-0.15, -0.1) is 10.2 Å². The highest BCUT2D eigenvalue weighted by Gasteiger charge is 2.15. The first-order valence-corrected chi connectivity index (χ1v) is 10.4. The summed E-state index contributed by atoms with van der Waals surface area (Å²) in [5.74, 6) is 2.88. The van der Waals surface area contributed by atoms with Gasteiger partial charge in [-0.2, -0.15) is 9.78 Å². The smallest absolute Gasteiger partial charge is 0.221 e. The molecule has 4 rings (SSSR count). The van der Waals surface area contributed by atoms with Gasteiger partial charge in [-0.3, -0.25) is 0 Å². The number of rotatable bonds is 7. The Morgan fingerprint density at radius 3 is 2.83 bits per heavy atom. The van der Waals surface area contributed by atoms with Crippen LogP contribution >= 0.6 is 35.0 Å². The number of aromatic nitrogens is 3. The first kappa shape index (κ1) is 19.6. The molecule has 0 saturated heterocycles. The van der Waals surface area contributed by atoms with Gasteiger partial charge < -0.3 is 13.6 Å². The number of thioether (sulfide) groups is 1. The van der Waals surface area contributed by atoms with Gasteiger partial charge in [0.2, 0.25) is 11.0 Å². The fourth-order valence-corrected chi connectivity index (χ4v) is 3.15. The van der Waals surface area contributed by atoms with Crippen molar-refractivity contribution in [2.45, 2.75) is 11.8 Å². The van der Waals surface area contributed by atoms with E-state index in [4.69, 9.17) is 36.8 Å². The van der Waals surface area contributed by atoms with E-state index in [1.165, 1.54) is 11.8 Å². The molecule has 3 heterocycles. The molecule has 0 aliphatic rings. The molecule has 4 aromatic rings. The van der Waals surface area contributed by atoms with Gasteiger partial charge in [0, 0.05) is 6.07 Å². The molecule has 0 aliphatic carbocycles. The summed E-state index contributed by atoms with van der Waals surface area (Å²) in [4.78, 5) is 0. The van der Waals surface area contributed by atoms with Crippen molar-refractivity contribution in [1.82, 2.24) is 14.9 Å². The Hall–Kier alpha value is -2.68. The average molecular weight is 449 g/mol. The molecule has 0 atom stereocenters. The molecule has 29 heavy (non-hydrogen) atoms. The van der Waals surface area contributed by atoms with Crippen LogP contribution in [0.1, 0.15) is 11.5 Å². The van der Waals surface area contributed by atoms with E-state index in [0.29, 0.717) is 44.1 Å². The fourth-order valence-electron chi connectivity index (χ4n) is 2.43. The zero-order valence-electron chi connectivity index (χ0n) is 15.1. The molecule has 0 N–H and O–H groups in total. The normalized spacial score (nSPS) is 11.4. The zero-order chi connectivity index (χ0) is 20.2. The number of hydrogen-bond donors (Lipinski definition) is 0. The monoisotopic (exact) mass is 448 g/mol. The van der Waals surface area contributed by atoms with Gasteiger partial charge in [0.1, 0.15) is 23.9 Å². The summed E-state index contributed by atoms with van der Waals surface area (Å²) in [6.07, 6.45) is 5.05. The van der Waals surface area contributed by atoms with Gasteiger partial charge in [-0.1, -0.05) is 35.0 Å². The molecule has 0 bridgehead atoms. The summed E-state index contributed by atoms with van der Waals surface area (Å²) < 4.78 is 18.4. The lowest BCUT2D eigenvalue weighted by atomic mass is 10.3. The van der Waals surface area contributed by atoms with Gasteiger partial charge in [0.15, 0.2) is 5.76 Å². The van der Waals surface area contributed by atoms with E-state index in [1.807, 2.05) is 12.3 Å². The van der Waals surface area contributed by atoms with Crippen LogP contribution in [0, 0.1) is 0 Å². The Kier molecular flexibility index (Phi) is 5.94. The maximum absolute atomic E-state index is 5.99.